The maximum atomic E-state index is 14.3. The first kappa shape index (κ1) is 18.6. The molecule has 5 nitrogen and oxygen atoms in total. The van der Waals surface area contributed by atoms with Gasteiger partial charge in [-0.3, -0.25) is 4.57 Å². The van der Waals surface area contributed by atoms with Crippen LogP contribution in [0.1, 0.15) is 36.7 Å². The van der Waals surface area contributed by atoms with Crippen molar-refractivity contribution in [2.75, 3.05) is 7.11 Å². The van der Waals surface area contributed by atoms with Gasteiger partial charge in [0.15, 0.2) is 0 Å². The predicted octanol–water partition coefficient (Wildman–Crippen LogP) is 4.31. The zero-order valence-corrected chi connectivity index (χ0v) is 14.6. The summed E-state index contributed by atoms with van der Waals surface area (Å²) in [7, 11) is 1.20. The van der Waals surface area contributed by atoms with Crippen molar-refractivity contribution in [1.82, 2.24) is 4.57 Å². The van der Waals surface area contributed by atoms with E-state index in [-0.39, 0.29) is 16.8 Å². The molecule has 0 atom stereocenters. The maximum Gasteiger partial charge on any atom is 0.419 e. The highest BCUT2D eigenvalue weighted by atomic mass is 19.1. The van der Waals surface area contributed by atoms with E-state index in [9.17, 15) is 18.4 Å². The van der Waals surface area contributed by atoms with Crippen molar-refractivity contribution in [2.24, 2.45) is 0 Å². The van der Waals surface area contributed by atoms with E-state index in [0.29, 0.717) is 11.6 Å². The molecule has 0 aliphatic rings. The molecule has 0 aliphatic carbocycles. The fourth-order valence-electron chi connectivity index (χ4n) is 2.38. The number of carbonyl (C=O) groups excluding carboxylic acids is 2. The monoisotopic (exact) mass is 351 g/mol. The van der Waals surface area contributed by atoms with Gasteiger partial charge in [0.05, 0.1) is 18.4 Å². The lowest BCUT2D eigenvalue weighted by Crippen LogP contribution is -2.27. The van der Waals surface area contributed by atoms with Crippen molar-refractivity contribution in [1.29, 1.82) is 0 Å². The Kier molecular flexibility index (Phi) is 4.97. The van der Waals surface area contributed by atoms with Crippen molar-refractivity contribution in [2.45, 2.75) is 33.3 Å². The molecule has 2 rings (SSSR count). The smallest absolute Gasteiger partial charge is 0.419 e. The average molecular weight is 351 g/mol. The summed E-state index contributed by atoms with van der Waals surface area (Å²) < 4.78 is 38.5. The van der Waals surface area contributed by atoms with E-state index in [1.807, 2.05) is 0 Å². The van der Waals surface area contributed by atoms with Crippen LogP contribution in [0.15, 0.2) is 24.4 Å². The molecule has 0 N–H and O–H groups in total. The van der Waals surface area contributed by atoms with E-state index >= 15 is 0 Å². The molecule has 1 aromatic heterocycles. The minimum Gasteiger partial charge on any atom is -0.465 e. The van der Waals surface area contributed by atoms with Gasteiger partial charge in [-0.05, 0) is 45.4 Å². The Balaban J connectivity index is 2.69. The van der Waals surface area contributed by atoms with Gasteiger partial charge in [-0.2, -0.15) is 0 Å². The molecule has 25 heavy (non-hydrogen) atoms. The molecule has 0 unspecified atom stereocenters. The van der Waals surface area contributed by atoms with Crippen LogP contribution in [0.3, 0.4) is 0 Å². The molecule has 0 saturated carbocycles. The Morgan fingerprint density at radius 1 is 1.16 bits per heavy atom. The molecule has 7 heteroatoms. The van der Waals surface area contributed by atoms with Gasteiger partial charge in [-0.15, -0.1) is 0 Å². The topological polar surface area (TPSA) is 57.5 Å². The highest BCUT2D eigenvalue weighted by Gasteiger charge is 2.27. The second-order valence-corrected chi connectivity index (χ2v) is 6.48. The van der Waals surface area contributed by atoms with Crippen LogP contribution in [-0.4, -0.2) is 29.3 Å². The molecular weight excluding hydrogens is 332 g/mol. The minimum atomic E-state index is -0.859. The maximum absolute atomic E-state index is 14.3. The molecule has 134 valence electrons. The molecular formula is C18H19F2NO4. The lowest BCUT2D eigenvalue weighted by Gasteiger charge is -2.20. The first-order chi connectivity index (χ1) is 11.5. The third-order valence-electron chi connectivity index (χ3n) is 3.44. The van der Waals surface area contributed by atoms with Crippen LogP contribution < -0.4 is 0 Å². The normalized spacial score (nSPS) is 11.3. The van der Waals surface area contributed by atoms with E-state index in [0.717, 1.165) is 10.6 Å². The minimum absolute atomic E-state index is 0.0279. The Morgan fingerprint density at radius 2 is 1.80 bits per heavy atom. The first-order valence-corrected chi connectivity index (χ1v) is 7.54. The molecule has 1 heterocycles. The van der Waals surface area contributed by atoms with Crippen molar-refractivity contribution >= 4 is 12.1 Å². The predicted molar refractivity (Wildman–Crippen MR) is 87.5 cm³/mol. The summed E-state index contributed by atoms with van der Waals surface area (Å²) in [6.45, 7) is 6.59. The zero-order valence-electron chi connectivity index (χ0n) is 14.6. The van der Waals surface area contributed by atoms with E-state index in [1.54, 1.807) is 27.7 Å². The van der Waals surface area contributed by atoms with Crippen LogP contribution in [0.5, 0.6) is 0 Å². The fraction of sp³-hybridized carbons (Fsp3) is 0.333. The van der Waals surface area contributed by atoms with Crippen LogP contribution in [0, 0.1) is 18.6 Å². The lowest BCUT2D eigenvalue weighted by molar-refractivity contribution is 0.0540. The van der Waals surface area contributed by atoms with Gasteiger partial charge in [-0.1, -0.05) is 0 Å². The van der Waals surface area contributed by atoms with Crippen LogP contribution >= 0.6 is 0 Å². The SMILES string of the molecule is COC(=O)c1cn(C(=O)OC(C)(C)C)c(-c2ccc(F)cc2F)c1C. The number of nitrogens with zero attached hydrogens (tertiary/aromatic N) is 1. The van der Waals surface area contributed by atoms with E-state index in [4.69, 9.17) is 9.47 Å². The Labute approximate surface area is 144 Å². The largest absolute Gasteiger partial charge is 0.465 e. The Bertz CT molecular complexity index is 834. The molecule has 0 amide bonds. The third-order valence-corrected chi connectivity index (χ3v) is 3.44. The van der Waals surface area contributed by atoms with Crippen LogP contribution in [0.4, 0.5) is 13.6 Å². The summed E-state index contributed by atoms with van der Waals surface area (Å²) in [4.78, 5) is 24.4. The number of hydrogen-bond acceptors (Lipinski definition) is 4. The molecule has 1 aromatic carbocycles. The van der Waals surface area contributed by atoms with Crippen molar-refractivity contribution < 1.29 is 27.8 Å². The van der Waals surface area contributed by atoms with E-state index in [2.05, 4.69) is 0 Å². The fourth-order valence-corrected chi connectivity index (χ4v) is 2.38. The second-order valence-electron chi connectivity index (χ2n) is 6.48. The Morgan fingerprint density at radius 3 is 2.32 bits per heavy atom. The molecule has 2 aromatic rings. The van der Waals surface area contributed by atoms with Gasteiger partial charge >= 0.3 is 12.1 Å². The van der Waals surface area contributed by atoms with Crippen LogP contribution in [-0.2, 0) is 9.47 Å². The first-order valence-electron chi connectivity index (χ1n) is 7.54. The number of benzene rings is 1. The highest BCUT2D eigenvalue weighted by molar-refractivity contribution is 5.95. The molecule has 0 spiro atoms. The zero-order chi connectivity index (χ0) is 18.9. The number of hydrogen-bond donors (Lipinski definition) is 0. The quantitative estimate of drug-likeness (QED) is 0.757. The van der Waals surface area contributed by atoms with Crippen LogP contribution in [0.2, 0.25) is 0 Å². The third kappa shape index (κ3) is 3.87. The van der Waals surface area contributed by atoms with Crippen LogP contribution in [0.25, 0.3) is 11.3 Å². The lowest BCUT2D eigenvalue weighted by atomic mass is 10.1. The summed E-state index contributed by atoms with van der Waals surface area (Å²) in [5.41, 5.74) is -0.304. The number of methoxy groups -OCH3 is 1. The van der Waals surface area contributed by atoms with Crippen molar-refractivity contribution in [3.63, 3.8) is 0 Å². The van der Waals surface area contributed by atoms with Gasteiger partial charge in [0.1, 0.15) is 17.2 Å². The van der Waals surface area contributed by atoms with Gasteiger partial charge in [0, 0.05) is 17.8 Å². The number of carbonyl (C=O) groups is 2. The average Bonchev–Trinajstić information content (AvgIpc) is 2.82. The Hall–Kier alpha value is -2.70. The van der Waals surface area contributed by atoms with E-state index in [1.165, 1.54) is 19.4 Å². The van der Waals surface area contributed by atoms with Crippen molar-refractivity contribution in [3.05, 3.63) is 47.2 Å². The summed E-state index contributed by atoms with van der Waals surface area (Å²) in [5.74, 6) is -2.28. The van der Waals surface area contributed by atoms with Crippen molar-refractivity contribution in [3.8, 4) is 11.3 Å². The van der Waals surface area contributed by atoms with Gasteiger partial charge in [0.25, 0.3) is 0 Å². The molecule has 0 aliphatic heterocycles. The number of halogens is 2. The highest BCUT2D eigenvalue weighted by Crippen LogP contribution is 2.31. The molecule has 0 saturated heterocycles. The van der Waals surface area contributed by atoms with Gasteiger partial charge in [0.2, 0.25) is 0 Å². The van der Waals surface area contributed by atoms with Gasteiger partial charge < -0.3 is 9.47 Å². The summed E-state index contributed by atoms with van der Waals surface area (Å²) in [5, 5.41) is 0. The number of esters is 1. The standard InChI is InChI=1S/C18H19F2NO4/c1-10-13(16(22)24-5)9-21(17(23)25-18(2,3)4)15(10)12-7-6-11(19)8-14(12)20/h6-9H,1-5H3. The number of rotatable bonds is 2. The summed E-state index contributed by atoms with van der Waals surface area (Å²) in [6.07, 6.45) is 0.442. The summed E-state index contributed by atoms with van der Waals surface area (Å²) in [6, 6.07) is 2.98. The molecule has 0 radical (unpaired) electrons. The second kappa shape index (κ2) is 6.66. The number of aromatic nitrogens is 1. The van der Waals surface area contributed by atoms with Gasteiger partial charge in [-0.25, -0.2) is 18.4 Å². The van der Waals surface area contributed by atoms with E-state index < -0.39 is 29.3 Å². The molecule has 0 bridgehead atoms. The summed E-state index contributed by atoms with van der Waals surface area (Å²) >= 11 is 0. The molecule has 0 fully saturated rings. The number of ether oxygens (including phenoxy) is 2.